The van der Waals surface area contributed by atoms with Gasteiger partial charge in [0.15, 0.2) is 0 Å². The van der Waals surface area contributed by atoms with E-state index in [2.05, 4.69) is 27.5 Å². The number of benzene rings is 1. The highest BCUT2D eigenvalue weighted by Gasteiger charge is 2.12. The lowest BCUT2D eigenvalue weighted by molar-refractivity contribution is 0.0948. The fourth-order valence-corrected chi connectivity index (χ4v) is 2.48. The third-order valence-electron chi connectivity index (χ3n) is 3.35. The molecule has 2 aromatic rings. The molecule has 0 bridgehead atoms. The summed E-state index contributed by atoms with van der Waals surface area (Å²) in [5.41, 5.74) is 1.59. The third kappa shape index (κ3) is 5.08. The van der Waals surface area contributed by atoms with Gasteiger partial charge in [-0.15, -0.1) is 0 Å². The van der Waals surface area contributed by atoms with Crippen molar-refractivity contribution in [2.75, 3.05) is 11.9 Å². The molecule has 24 heavy (non-hydrogen) atoms. The second-order valence-corrected chi connectivity index (χ2v) is 6.19. The van der Waals surface area contributed by atoms with Crippen LogP contribution in [0, 0.1) is 6.92 Å². The molecule has 0 fully saturated rings. The van der Waals surface area contributed by atoms with Gasteiger partial charge in [-0.05, 0) is 31.5 Å². The van der Waals surface area contributed by atoms with Gasteiger partial charge in [-0.1, -0.05) is 49.0 Å². The first-order chi connectivity index (χ1) is 11.5. The molecule has 0 saturated carbocycles. The number of amides is 1. The Morgan fingerprint density at radius 2 is 2.00 bits per heavy atom. The van der Waals surface area contributed by atoms with Crippen LogP contribution in [0.5, 0.6) is 0 Å². The predicted octanol–water partition coefficient (Wildman–Crippen LogP) is 4.76. The predicted molar refractivity (Wildman–Crippen MR) is 98.4 cm³/mol. The molecule has 0 atom stereocenters. The largest absolute Gasteiger partial charge is 0.351 e. The molecule has 1 heterocycles. The highest BCUT2D eigenvalue weighted by molar-refractivity contribution is 6.43. The average Bonchev–Trinajstić information content (AvgIpc) is 2.55. The van der Waals surface area contributed by atoms with Gasteiger partial charge in [-0.25, -0.2) is 9.97 Å². The number of aromatic nitrogens is 2. The summed E-state index contributed by atoms with van der Waals surface area (Å²) in [4.78, 5) is 20.8. The van der Waals surface area contributed by atoms with Crippen LogP contribution >= 0.6 is 23.2 Å². The second kappa shape index (κ2) is 8.85. The molecule has 1 amide bonds. The van der Waals surface area contributed by atoms with E-state index >= 15 is 0 Å². The molecular formula is C17H20Cl2N4O. The van der Waals surface area contributed by atoms with Crippen LogP contribution in [0.2, 0.25) is 10.0 Å². The van der Waals surface area contributed by atoms with Gasteiger partial charge in [0.2, 0.25) is 5.95 Å². The molecule has 0 unspecified atom stereocenters. The van der Waals surface area contributed by atoms with Crippen molar-refractivity contribution in [2.24, 2.45) is 0 Å². The van der Waals surface area contributed by atoms with Crippen LogP contribution in [-0.2, 0) is 0 Å². The first-order valence-corrected chi connectivity index (χ1v) is 8.61. The molecule has 2 rings (SSSR count). The van der Waals surface area contributed by atoms with Crippen LogP contribution in [0.1, 0.15) is 42.4 Å². The smallest absolute Gasteiger partial charge is 0.270 e. The zero-order valence-corrected chi connectivity index (χ0v) is 15.2. The normalized spacial score (nSPS) is 10.5. The number of hydrogen-bond donors (Lipinski definition) is 2. The number of carbonyl (C=O) groups is 1. The lowest BCUT2D eigenvalue weighted by Crippen LogP contribution is -2.25. The minimum atomic E-state index is -0.211. The summed E-state index contributed by atoms with van der Waals surface area (Å²) >= 11 is 12.2. The molecule has 1 aromatic heterocycles. The van der Waals surface area contributed by atoms with Crippen molar-refractivity contribution < 1.29 is 4.79 Å². The molecule has 5 nitrogen and oxygen atoms in total. The number of anilines is 2. The van der Waals surface area contributed by atoms with Gasteiger partial charge in [-0.2, -0.15) is 0 Å². The van der Waals surface area contributed by atoms with Crippen molar-refractivity contribution in [2.45, 2.75) is 33.1 Å². The standard InChI is InChI=1S/C17H20Cl2N4O/c1-3-4-5-9-20-16(24)14-10-11(2)21-17(23-14)22-13-8-6-7-12(18)15(13)19/h6-8,10H,3-5,9H2,1-2H3,(H,20,24)(H,21,22,23). The summed E-state index contributed by atoms with van der Waals surface area (Å²) in [6.45, 7) is 4.56. The molecule has 0 radical (unpaired) electrons. The minimum absolute atomic E-state index is 0.211. The summed E-state index contributed by atoms with van der Waals surface area (Å²) in [6.07, 6.45) is 3.15. The average molecular weight is 367 g/mol. The highest BCUT2D eigenvalue weighted by Crippen LogP contribution is 2.30. The number of hydrogen-bond acceptors (Lipinski definition) is 4. The number of nitrogens with one attached hydrogen (secondary N) is 2. The Bertz CT molecular complexity index is 722. The van der Waals surface area contributed by atoms with Gasteiger partial charge in [0.25, 0.3) is 5.91 Å². The van der Waals surface area contributed by atoms with E-state index < -0.39 is 0 Å². The Labute approximate surface area is 151 Å². The first kappa shape index (κ1) is 18.5. The number of carbonyl (C=O) groups excluding carboxylic acids is 1. The van der Waals surface area contributed by atoms with E-state index in [1.165, 1.54) is 0 Å². The van der Waals surface area contributed by atoms with Gasteiger partial charge in [0, 0.05) is 12.2 Å². The molecular weight excluding hydrogens is 347 g/mol. The summed E-state index contributed by atoms with van der Waals surface area (Å²) in [7, 11) is 0. The van der Waals surface area contributed by atoms with E-state index in [0.717, 1.165) is 19.3 Å². The van der Waals surface area contributed by atoms with Crippen molar-refractivity contribution in [1.82, 2.24) is 15.3 Å². The van der Waals surface area contributed by atoms with Gasteiger partial charge >= 0.3 is 0 Å². The molecule has 0 aliphatic carbocycles. The maximum absolute atomic E-state index is 12.2. The van der Waals surface area contributed by atoms with Gasteiger partial charge in [-0.3, -0.25) is 4.79 Å². The fourth-order valence-electron chi connectivity index (χ4n) is 2.13. The van der Waals surface area contributed by atoms with Crippen LogP contribution in [-0.4, -0.2) is 22.4 Å². The van der Waals surface area contributed by atoms with E-state index in [1.807, 2.05) is 0 Å². The topological polar surface area (TPSA) is 66.9 Å². The minimum Gasteiger partial charge on any atom is -0.351 e. The molecule has 0 aliphatic rings. The Balaban J connectivity index is 2.13. The van der Waals surface area contributed by atoms with Crippen LogP contribution < -0.4 is 10.6 Å². The summed E-state index contributed by atoms with van der Waals surface area (Å²) in [5.74, 6) is 0.0923. The maximum atomic E-state index is 12.2. The maximum Gasteiger partial charge on any atom is 0.270 e. The lowest BCUT2D eigenvalue weighted by atomic mass is 10.2. The second-order valence-electron chi connectivity index (χ2n) is 5.41. The Morgan fingerprint density at radius 3 is 2.75 bits per heavy atom. The van der Waals surface area contributed by atoms with E-state index in [1.54, 1.807) is 31.2 Å². The molecule has 7 heteroatoms. The van der Waals surface area contributed by atoms with Crippen LogP contribution in [0.25, 0.3) is 0 Å². The number of rotatable bonds is 7. The van der Waals surface area contributed by atoms with Crippen molar-refractivity contribution in [3.63, 3.8) is 0 Å². The van der Waals surface area contributed by atoms with Crippen LogP contribution in [0.3, 0.4) is 0 Å². The van der Waals surface area contributed by atoms with Crippen molar-refractivity contribution in [3.05, 3.63) is 45.7 Å². The molecule has 0 saturated heterocycles. The number of nitrogens with zero attached hydrogens (tertiary/aromatic N) is 2. The quantitative estimate of drug-likeness (QED) is 0.693. The lowest BCUT2D eigenvalue weighted by Gasteiger charge is -2.10. The fraction of sp³-hybridized carbons (Fsp3) is 0.353. The van der Waals surface area contributed by atoms with Crippen molar-refractivity contribution in [1.29, 1.82) is 0 Å². The number of halogens is 2. The van der Waals surface area contributed by atoms with Gasteiger partial charge < -0.3 is 10.6 Å². The molecule has 1 aromatic carbocycles. The molecule has 0 aliphatic heterocycles. The summed E-state index contributed by atoms with van der Waals surface area (Å²) < 4.78 is 0. The van der Waals surface area contributed by atoms with Crippen molar-refractivity contribution >= 4 is 40.7 Å². The number of aryl methyl sites for hydroxylation is 1. The number of unbranched alkanes of at least 4 members (excludes halogenated alkanes) is 2. The van der Waals surface area contributed by atoms with E-state index in [0.29, 0.717) is 39.6 Å². The van der Waals surface area contributed by atoms with E-state index in [-0.39, 0.29) is 5.91 Å². The molecule has 2 N–H and O–H groups in total. The Hall–Kier alpha value is -1.85. The first-order valence-electron chi connectivity index (χ1n) is 7.86. The van der Waals surface area contributed by atoms with Gasteiger partial charge in [0.1, 0.15) is 5.69 Å². The monoisotopic (exact) mass is 366 g/mol. The van der Waals surface area contributed by atoms with E-state index in [9.17, 15) is 4.79 Å². The zero-order chi connectivity index (χ0) is 17.5. The Morgan fingerprint density at radius 1 is 1.21 bits per heavy atom. The Kier molecular flexibility index (Phi) is 6.82. The SMILES string of the molecule is CCCCCNC(=O)c1cc(C)nc(Nc2cccc(Cl)c2Cl)n1. The summed E-state index contributed by atoms with van der Waals surface area (Å²) in [6, 6.07) is 6.89. The molecule has 0 spiro atoms. The van der Waals surface area contributed by atoms with Crippen LogP contribution in [0.15, 0.2) is 24.3 Å². The zero-order valence-electron chi connectivity index (χ0n) is 13.7. The highest BCUT2D eigenvalue weighted by atomic mass is 35.5. The molecule has 128 valence electrons. The third-order valence-corrected chi connectivity index (χ3v) is 4.17. The summed E-state index contributed by atoms with van der Waals surface area (Å²) in [5, 5.41) is 6.69. The van der Waals surface area contributed by atoms with Crippen LogP contribution in [0.4, 0.5) is 11.6 Å². The van der Waals surface area contributed by atoms with Gasteiger partial charge in [0.05, 0.1) is 15.7 Å². The van der Waals surface area contributed by atoms with E-state index in [4.69, 9.17) is 23.2 Å². The van der Waals surface area contributed by atoms with Crippen molar-refractivity contribution in [3.8, 4) is 0 Å².